The van der Waals surface area contributed by atoms with E-state index in [-0.39, 0.29) is 31.1 Å². The SMILES string of the molecule is CCCC/C=C\CCCCCCCC(=O)OCC(COC(=O)CCCCCCCCCCCCCCCCCCCCCCCCCCCCCCCCCCC)OC(=O)CCCCCCCCCCCCCCCCCCCC. The highest BCUT2D eigenvalue weighted by Gasteiger charge is 2.20. The molecule has 0 rings (SSSR count). The normalized spacial score (nSPS) is 12.0. The maximum atomic E-state index is 12.9. The highest BCUT2D eigenvalue weighted by molar-refractivity contribution is 5.71. The molecule has 0 saturated carbocycles. The molecule has 0 N–H and O–H groups in total. The lowest BCUT2D eigenvalue weighted by Crippen LogP contribution is -2.30. The van der Waals surface area contributed by atoms with Gasteiger partial charge in [0.05, 0.1) is 0 Å². The molecular formula is C74H142O6. The molecule has 0 saturated heterocycles. The van der Waals surface area contributed by atoms with E-state index < -0.39 is 6.10 Å². The maximum Gasteiger partial charge on any atom is 0.306 e. The third-order valence-electron chi connectivity index (χ3n) is 17.0. The Bertz CT molecular complexity index is 1250. The largest absolute Gasteiger partial charge is 0.462 e. The Morgan fingerprint density at radius 2 is 0.425 bits per heavy atom. The topological polar surface area (TPSA) is 78.9 Å². The van der Waals surface area contributed by atoms with Gasteiger partial charge in [-0.05, 0) is 38.5 Å². The van der Waals surface area contributed by atoms with Gasteiger partial charge in [0.25, 0.3) is 0 Å². The van der Waals surface area contributed by atoms with Gasteiger partial charge < -0.3 is 14.2 Å². The molecule has 0 heterocycles. The van der Waals surface area contributed by atoms with Crippen molar-refractivity contribution < 1.29 is 28.6 Å². The molecule has 0 aromatic heterocycles. The fourth-order valence-electron chi connectivity index (χ4n) is 11.5. The molecule has 0 aliphatic heterocycles. The molecule has 0 aliphatic rings. The number of ether oxygens (including phenoxy) is 3. The van der Waals surface area contributed by atoms with Crippen LogP contribution in [0.25, 0.3) is 0 Å². The monoisotopic (exact) mass is 1130 g/mol. The molecule has 0 radical (unpaired) electrons. The van der Waals surface area contributed by atoms with E-state index in [1.165, 1.54) is 321 Å². The van der Waals surface area contributed by atoms with Gasteiger partial charge >= 0.3 is 17.9 Å². The van der Waals surface area contributed by atoms with E-state index in [0.29, 0.717) is 19.3 Å². The van der Waals surface area contributed by atoms with Crippen molar-refractivity contribution in [1.82, 2.24) is 0 Å². The first-order chi connectivity index (χ1) is 39.5. The second-order valence-electron chi connectivity index (χ2n) is 25.2. The van der Waals surface area contributed by atoms with Gasteiger partial charge in [0, 0.05) is 19.3 Å². The zero-order valence-electron chi connectivity index (χ0n) is 54.6. The summed E-state index contributed by atoms with van der Waals surface area (Å²) in [6.07, 6.45) is 84.2. The van der Waals surface area contributed by atoms with Crippen LogP contribution in [0.5, 0.6) is 0 Å². The molecule has 0 spiro atoms. The summed E-state index contributed by atoms with van der Waals surface area (Å²) in [7, 11) is 0. The molecule has 0 bridgehead atoms. The molecule has 6 heteroatoms. The quantitative estimate of drug-likeness (QED) is 0.0261. The first-order valence-electron chi connectivity index (χ1n) is 36.7. The lowest BCUT2D eigenvalue weighted by atomic mass is 10.0. The predicted octanol–water partition coefficient (Wildman–Crippen LogP) is 25.2. The molecule has 1 unspecified atom stereocenters. The van der Waals surface area contributed by atoms with Crippen LogP contribution >= 0.6 is 0 Å². The van der Waals surface area contributed by atoms with Gasteiger partial charge in [-0.15, -0.1) is 0 Å². The van der Waals surface area contributed by atoms with E-state index in [1.54, 1.807) is 0 Å². The second kappa shape index (κ2) is 69.6. The van der Waals surface area contributed by atoms with Crippen LogP contribution in [0, 0.1) is 0 Å². The fraction of sp³-hybridized carbons (Fsp3) is 0.932. The van der Waals surface area contributed by atoms with E-state index in [1.807, 2.05) is 0 Å². The summed E-state index contributed by atoms with van der Waals surface area (Å²) in [6, 6.07) is 0. The number of carbonyl (C=O) groups is 3. The summed E-state index contributed by atoms with van der Waals surface area (Å²) in [4.78, 5) is 38.3. The van der Waals surface area contributed by atoms with Crippen molar-refractivity contribution in [3.63, 3.8) is 0 Å². The fourth-order valence-corrected chi connectivity index (χ4v) is 11.5. The zero-order valence-corrected chi connectivity index (χ0v) is 54.6. The van der Waals surface area contributed by atoms with Crippen LogP contribution in [-0.4, -0.2) is 37.2 Å². The Hall–Kier alpha value is -1.85. The number of carbonyl (C=O) groups excluding carboxylic acids is 3. The minimum atomic E-state index is -0.769. The maximum absolute atomic E-state index is 12.9. The van der Waals surface area contributed by atoms with Gasteiger partial charge in [0.1, 0.15) is 13.2 Å². The standard InChI is InChI=1S/C74H142O6/c1-4-7-10-13-16-19-22-24-26-28-30-31-32-33-34-35-36-37-38-39-40-41-42-43-44-46-47-49-52-55-58-61-64-67-73(76)79-70-71(69-78-72(75)66-63-60-57-54-51-21-18-15-12-9-6-3)80-74(77)68-65-62-59-56-53-50-48-45-29-27-25-23-20-17-14-11-8-5-2/h15,18,71H,4-14,16-17,19-70H2,1-3H3/b18-15-. The number of rotatable bonds is 69. The van der Waals surface area contributed by atoms with E-state index >= 15 is 0 Å². The third-order valence-corrected chi connectivity index (χ3v) is 17.0. The van der Waals surface area contributed by atoms with Crippen molar-refractivity contribution in [1.29, 1.82) is 0 Å². The Labute approximate surface area is 501 Å². The van der Waals surface area contributed by atoms with Gasteiger partial charge in [-0.2, -0.15) is 0 Å². The Kier molecular flexibility index (Phi) is 68.0. The second-order valence-corrected chi connectivity index (χ2v) is 25.2. The highest BCUT2D eigenvalue weighted by atomic mass is 16.6. The van der Waals surface area contributed by atoms with Crippen LogP contribution in [0.15, 0.2) is 12.2 Å². The smallest absolute Gasteiger partial charge is 0.306 e. The average molecular weight is 1130 g/mol. The summed E-state index contributed by atoms with van der Waals surface area (Å²) in [5, 5.41) is 0. The van der Waals surface area contributed by atoms with E-state index in [0.717, 1.165) is 64.2 Å². The molecule has 1 atom stereocenters. The highest BCUT2D eigenvalue weighted by Crippen LogP contribution is 2.20. The van der Waals surface area contributed by atoms with Gasteiger partial charge in [0.2, 0.25) is 0 Å². The molecule has 0 fully saturated rings. The van der Waals surface area contributed by atoms with Crippen molar-refractivity contribution in [3.05, 3.63) is 12.2 Å². The molecule has 80 heavy (non-hydrogen) atoms. The zero-order chi connectivity index (χ0) is 57.8. The molecule has 0 aromatic carbocycles. The first kappa shape index (κ1) is 78.1. The molecule has 6 nitrogen and oxygen atoms in total. The van der Waals surface area contributed by atoms with E-state index in [4.69, 9.17) is 14.2 Å². The third kappa shape index (κ3) is 66.9. The number of hydrogen-bond donors (Lipinski definition) is 0. The molecular weight excluding hydrogens is 985 g/mol. The average Bonchev–Trinajstić information content (AvgIpc) is 3.46. The molecule has 0 aliphatic carbocycles. The Morgan fingerprint density at radius 1 is 0.237 bits per heavy atom. The van der Waals surface area contributed by atoms with Gasteiger partial charge in [-0.1, -0.05) is 380 Å². The number of esters is 3. The lowest BCUT2D eigenvalue weighted by molar-refractivity contribution is -0.167. The first-order valence-corrected chi connectivity index (χ1v) is 36.7. The Morgan fingerprint density at radius 3 is 0.662 bits per heavy atom. The van der Waals surface area contributed by atoms with Crippen LogP contribution in [0.1, 0.15) is 425 Å². The summed E-state index contributed by atoms with van der Waals surface area (Å²) in [5.41, 5.74) is 0. The van der Waals surface area contributed by atoms with Crippen LogP contribution in [-0.2, 0) is 28.6 Å². The molecule has 474 valence electrons. The Balaban J connectivity index is 4.03. The van der Waals surface area contributed by atoms with Crippen molar-refractivity contribution in [2.75, 3.05) is 13.2 Å². The van der Waals surface area contributed by atoms with Crippen molar-refractivity contribution in [3.8, 4) is 0 Å². The summed E-state index contributed by atoms with van der Waals surface area (Å²) in [6.45, 7) is 6.68. The lowest BCUT2D eigenvalue weighted by Gasteiger charge is -2.18. The molecule has 0 aromatic rings. The number of unbranched alkanes of at least 4 members (excludes halogenated alkanes) is 56. The van der Waals surface area contributed by atoms with Crippen LogP contribution in [0.3, 0.4) is 0 Å². The van der Waals surface area contributed by atoms with E-state index in [9.17, 15) is 14.4 Å². The molecule has 0 amide bonds. The van der Waals surface area contributed by atoms with Crippen LogP contribution in [0.4, 0.5) is 0 Å². The minimum absolute atomic E-state index is 0.0660. The van der Waals surface area contributed by atoms with E-state index in [2.05, 4.69) is 32.9 Å². The van der Waals surface area contributed by atoms with Crippen molar-refractivity contribution >= 4 is 17.9 Å². The number of hydrogen-bond acceptors (Lipinski definition) is 6. The number of allylic oxidation sites excluding steroid dienone is 2. The summed E-state index contributed by atoms with van der Waals surface area (Å²) < 4.78 is 17.0. The van der Waals surface area contributed by atoms with Crippen LogP contribution in [0.2, 0.25) is 0 Å². The van der Waals surface area contributed by atoms with Gasteiger partial charge in [-0.3, -0.25) is 14.4 Å². The minimum Gasteiger partial charge on any atom is -0.462 e. The van der Waals surface area contributed by atoms with Gasteiger partial charge in [0.15, 0.2) is 6.10 Å². The van der Waals surface area contributed by atoms with Crippen molar-refractivity contribution in [2.45, 2.75) is 431 Å². The van der Waals surface area contributed by atoms with Gasteiger partial charge in [-0.25, -0.2) is 0 Å². The predicted molar refractivity (Wildman–Crippen MR) is 349 cm³/mol. The summed E-state index contributed by atoms with van der Waals surface area (Å²) >= 11 is 0. The summed E-state index contributed by atoms with van der Waals surface area (Å²) in [5.74, 6) is -0.843. The van der Waals surface area contributed by atoms with Crippen LogP contribution < -0.4 is 0 Å². The van der Waals surface area contributed by atoms with Crippen molar-refractivity contribution in [2.24, 2.45) is 0 Å².